The van der Waals surface area contributed by atoms with Crippen molar-refractivity contribution in [3.8, 4) is 0 Å². The number of hydrogen-bond donors (Lipinski definition) is 0. The third-order valence-corrected chi connectivity index (χ3v) is 2.26. The molecule has 0 saturated carbocycles. The second-order valence-corrected chi connectivity index (χ2v) is 3.47. The van der Waals surface area contributed by atoms with Crippen molar-refractivity contribution in [3.05, 3.63) is 12.7 Å². The van der Waals surface area contributed by atoms with Gasteiger partial charge in [-0.1, -0.05) is 6.58 Å². The Morgan fingerprint density at radius 3 is 2.35 bits per heavy atom. The largest absolute Gasteiger partial charge is 0.462 e. The zero-order valence-electron chi connectivity index (χ0n) is 8.47. The molecule has 0 amide bonds. The fraction of sp³-hybridized carbons (Fsp3) is 0.667. The highest BCUT2D eigenvalue weighted by atomic mass is 19.4. The zero-order valence-corrected chi connectivity index (χ0v) is 8.47. The van der Waals surface area contributed by atoms with Crippen LogP contribution in [0.3, 0.4) is 0 Å². The Labute approximate surface area is 93.2 Å². The van der Waals surface area contributed by atoms with Crippen molar-refractivity contribution < 1.29 is 36.2 Å². The zero-order chi connectivity index (χ0) is 13.3. The molecule has 1 aliphatic heterocycles. The summed E-state index contributed by atoms with van der Waals surface area (Å²) in [6.45, 7) is 2.20. The lowest BCUT2D eigenvalue weighted by atomic mass is 9.93. The van der Waals surface area contributed by atoms with Crippen LogP contribution in [-0.4, -0.2) is 37.4 Å². The van der Waals surface area contributed by atoms with E-state index in [4.69, 9.17) is 0 Å². The molecule has 8 heteroatoms. The molecule has 0 aromatic carbocycles. The van der Waals surface area contributed by atoms with Gasteiger partial charge in [0.25, 0.3) is 0 Å². The number of carbonyl (C=O) groups excluding carboxylic acids is 1. The molecule has 0 aliphatic carbocycles. The van der Waals surface area contributed by atoms with Crippen LogP contribution in [0.25, 0.3) is 0 Å². The molecule has 1 aliphatic rings. The predicted octanol–water partition coefficient (Wildman–Crippen LogP) is 1.93. The van der Waals surface area contributed by atoms with E-state index in [1.54, 1.807) is 0 Å². The van der Waals surface area contributed by atoms with Gasteiger partial charge in [-0.15, -0.1) is 0 Å². The Morgan fingerprint density at radius 1 is 1.41 bits per heavy atom. The van der Waals surface area contributed by atoms with Gasteiger partial charge >= 0.3 is 18.1 Å². The Bertz CT molecular complexity index is 312. The van der Waals surface area contributed by atoms with Gasteiger partial charge in [0.1, 0.15) is 6.10 Å². The molecule has 1 heterocycles. The van der Waals surface area contributed by atoms with Gasteiger partial charge in [0.15, 0.2) is 0 Å². The van der Waals surface area contributed by atoms with Crippen LogP contribution in [0.2, 0.25) is 0 Å². The number of esters is 1. The lowest BCUT2D eigenvalue weighted by Crippen LogP contribution is -2.59. The molecule has 1 saturated heterocycles. The summed E-state index contributed by atoms with van der Waals surface area (Å²) >= 11 is 0. The van der Waals surface area contributed by atoms with Crippen molar-refractivity contribution in [2.45, 2.75) is 18.2 Å². The Balaban J connectivity index is 2.57. The Kier molecular flexibility index (Phi) is 3.75. The minimum absolute atomic E-state index is 0.305. The number of hydrogen-bond acceptors (Lipinski definition) is 3. The Morgan fingerprint density at radius 2 is 2.00 bits per heavy atom. The first kappa shape index (κ1) is 13.9. The minimum atomic E-state index is -5.68. The number of rotatable bonds is 4. The third-order valence-electron chi connectivity index (χ3n) is 2.26. The molecule has 3 nitrogen and oxygen atoms in total. The Hall–Kier alpha value is -1.18. The summed E-state index contributed by atoms with van der Waals surface area (Å²) in [5, 5.41) is 0. The maximum atomic E-state index is 12.8. The summed E-state index contributed by atoms with van der Waals surface area (Å²) in [5.74, 6) is -7.00. The number of alkyl halides is 5. The van der Waals surface area contributed by atoms with Crippen LogP contribution in [-0.2, 0) is 14.3 Å². The maximum absolute atomic E-state index is 12.8. The second kappa shape index (κ2) is 4.59. The van der Waals surface area contributed by atoms with Crippen molar-refractivity contribution in [1.29, 1.82) is 0 Å². The standard InChI is InChI=1S/C9H9F5O3/c1-2-6(15)16-3-5-4-17-7(5)8(10,11)9(12,13)14/h2,5,7H,1,3-4H2. The predicted molar refractivity (Wildman–Crippen MR) is 45.4 cm³/mol. The van der Waals surface area contributed by atoms with Gasteiger partial charge in [0.05, 0.1) is 13.2 Å². The highest BCUT2D eigenvalue weighted by Crippen LogP contribution is 2.45. The molecule has 1 fully saturated rings. The van der Waals surface area contributed by atoms with E-state index >= 15 is 0 Å². The summed E-state index contributed by atoms with van der Waals surface area (Å²) < 4.78 is 70.2. The van der Waals surface area contributed by atoms with Gasteiger partial charge in [-0.3, -0.25) is 0 Å². The van der Waals surface area contributed by atoms with Gasteiger partial charge in [0.2, 0.25) is 0 Å². The maximum Gasteiger partial charge on any atom is 0.456 e. The van der Waals surface area contributed by atoms with Gasteiger partial charge in [-0.05, 0) is 0 Å². The van der Waals surface area contributed by atoms with Crippen LogP contribution in [0.5, 0.6) is 0 Å². The first-order chi connectivity index (χ1) is 7.70. The van der Waals surface area contributed by atoms with Crippen LogP contribution in [0.4, 0.5) is 22.0 Å². The molecule has 0 N–H and O–H groups in total. The molecule has 2 atom stereocenters. The highest BCUT2D eigenvalue weighted by Gasteiger charge is 2.67. The van der Waals surface area contributed by atoms with Crippen molar-refractivity contribution in [2.75, 3.05) is 13.2 Å². The van der Waals surface area contributed by atoms with E-state index in [9.17, 15) is 26.7 Å². The van der Waals surface area contributed by atoms with E-state index < -0.39 is 36.7 Å². The number of halogens is 5. The molecular formula is C9H9F5O3. The molecule has 2 unspecified atom stereocenters. The van der Waals surface area contributed by atoms with Gasteiger partial charge in [-0.2, -0.15) is 22.0 Å². The average molecular weight is 260 g/mol. The van der Waals surface area contributed by atoms with Gasteiger partial charge < -0.3 is 9.47 Å². The first-order valence-electron chi connectivity index (χ1n) is 4.55. The van der Waals surface area contributed by atoms with Crippen LogP contribution >= 0.6 is 0 Å². The average Bonchev–Trinajstić information content (AvgIpc) is 2.13. The molecular weight excluding hydrogens is 251 g/mol. The van der Waals surface area contributed by atoms with E-state index in [1.807, 2.05) is 0 Å². The van der Waals surface area contributed by atoms with Crippen molar-refractivity contribution in [3.63, 3.8) is 0 Å². The molecule has 0 aromatic rings. The fourth-order valence-electron chi connectivity index (χ4n) is 1.27. The highest BCUT2D eigenvalue weighted by molar-refractivity contribution is 5.81. The monoisotopic (exact) mass is 260 g/mol. The molecule has 0 radical (unpaired) electrons. The van der Waals surface area contributed by atoms with E-state index in [0.29, 0.717) is 0 Å². The smallest absolute Gasteiger partial charge is 0.456 e. The molecule has 98 valence electrons. The normalized spacial score (nSPS) is 25.0. The fourth-order valence-corrected chi connectivity index (χ4v) is 1.27. The van der Waals surface area contributed by atoms with Crippen molar-refractivity contribution >= 4 is 5.97 Å². The quantitative estimate of drug-likeness (QED) is 0.440. The number of ether oxygens (including phenoxy) is 2. The summed E-state index contributed by atoms with van der Waals surface area (Å²) in [7, 11) is 0. The molecule has 17 heavy (non-hydrogen) atoms. The summed E-state index contributed by atoms with van der Waals surface area (Å²) in [6.07, 6.45) is -7.20. The third kappa shape index (κ3) is 2.74. The van der Waals surface area contributed by atoms with Crippen LogP contribution in [0.15, 0.2) is 12.7 Å². The van der Waals surface area contributed by atoms with E-state index in [0.717, 1.165) is 6.08 Å². The molecule has 1 rings (SSSR count). The van der Waals surface area contributed by atoms with Gasteiger partial charge in [-0.25, -0.2) is 4.79 Å². The van der Waals surface area contributed by atoms with Crippen LogP contribution < -0.4 is 0 Å². The van der Waals surface area contributed by atoms with E-state index in [1.165, 1.54) is 0 Å². The summed E-state index contributed by atoms with van der Waals surface area (Å²) in [4.78, 5) is 10.6. The number of carbonyl (C=O) groups is 1. The van der Waals surface area contributed by atoms with Crippen LogP contribution in [0, 0.1) is 5.92 Å². The first-order valence-corrected chi connectivity index (χ1v) is 4.55. The molecule has 0 bridgehead atoms. The van der Waals surface area contributed by atoms with E-state index in [2.05, 4.69) is 16.1 Å². The van der Waals surface area contributed by atoms with Crippen molar-refractivity contribution in [1.82, 2.24) is 0 Å². The topological polar surface area (TPSA) is 35.5 Å². The molecule has 0 spiro atoms. The second-order valence-electron chi connectivity index (χ2n) is 3.47. The van der Waals surface area contributed by atoms with E-state index in [-0.39, 0.29) is 6.61 Å². The molecule has 0 aromatic heterocycles. The summed E-state index contributed by atoms with van der Waals surface area (Å²) in [6, 6.07) is 0. The lowest BCUT2D eigenvalue weighted by Gasteiger charge is -2.41. The van der Waals surface area contributed by atoms with Crippen LogP contribution in [0.1, 0.15) is 0 Å². The summed E-state index contributed by atoms with van der Waals surface area (Å²) in [5.41, 5.74) is 0. The minimum Gasteiger partial charge on any atom is -0.462 e. The SMILES string of the molecule is C=CC(=O)OCC1COC1C(F)(F)C(F)(F)F. The van der Waals surface area contributed by atoms with Crippen molar-refractivity contribution in [2.24, 2.45) is 5.92 Å². The lowest BCUT2D eigenvalue weighted by molar-refractivity contribution is -0.353. The van der Waals surface area contributed by atoms with Gasteiger partial charge in [0, 0.05) is 12.0 Å².